The summed E-state index contributed by atoms with van der Waals surface area (Å²) in [6.07, 6.45) is 5.97. The molecule has 2 aliphatic rings. The van der Waals surface area contributed by atoms with Crippen LogP contribution in [0.1, 0.15) is 49.5 Å². The fourth-order valence-corrected chi connectivity index (χ4v) is 5.06. The minimum Gasteiger partial charge on any atom is -0.467 e. The van der Waals surface area contributed by atoms with Crippen molar-refractivity contribution in [3.63, 3.8) is 0 Å². The maximum atomic E-state index is 13.5. The first-order valence-corrected chi connectivity index (χ1v) is 10.4. The largest absolute Gasteiger partial charge is 0.467 e. The summed E-state index contributed by atoms with van der Waals surface area (Å²) in [7, 11) is 0. The second-order valence-corrected chi connectivity index (χ2v) is 8.43. The fraction of sp³-hybridized carbons (Fsp3) is 0.522. The van der Waals surface area contributed by atoms with E-state index in [9.17, 15) is 9.90 Å². The minimum absolute atomic E-state index is 0.00242. The molecule has 2 aromatic rings. The molecule has 1 aromatic heterocycles. The zero-order valence-corrected chi connectivity index (χ0v) is 16.2. The SMILES string of the molecule is NC1C2CCCC1CC(C(=O)N(Cc1ccccc1)CC(O)c1ccco1)C2. The molecule has 2 saturated carbocycles. The molecule has 1 aromatic carbocycles. The average molecular weight is 383 g/mol. The topological polar surface area (TPSA) is 79.7 Å². The second kappa shape index (κ2) is 8.50. The van der Waals surface area contributed by atoms with Crippen LogP contribution in [0.15, 0.2) is 53.1 Å². The summed E-state index contributed by atoms with van der Waals surface area (Å²) in [5.74, 6) is 1.54. The number of aliphatic hydroxyl groups excluding tert-OH is 1. The number of carbonyl (C=O) groups excluding carboxylic acids is 1. The lowest BCUT2D eigenvalue weighted by atomic mass is 9.65. The van der Waals surface area contributed by atoms with Crippen LogP contribution in [0.4, 0.5) is 0 Å². The number of benzene rings is 1. The predicted molar refractivity (Wildman–Crippen MR) is 107 cm³/mol. The smallest absolute Gasteiger partial charge is 0.226 e. The van der Waals surface area contributed by atoms with Crippen molar-refractivity contribution >= 4 is 5.91 Å². The van der Waals surface area contributed by atoms with E-state index < -0.39 is 6.10 Å². The molecule has 3 unspecified atom stereocenters. The van der Waals surface area contributed by atoms with Crippen molar-refractivity contribution in [2.75, 3.05) is 6.54 Å². The molecule has 3 atom stereocenters. The Kier molecular flexibility index (Phi) is 5.83. The van der Waals surface area contributed by atoms with Crippen molar-refractivity contribution in [3.05, 3.63) is 60.1 Å². The zero-order chi connectivity index (χ0) is 19.5. The van der Waals surface area contributed by atoms with Gasteiger partial charge in [0.25, 0.3) is 0 Å². The van der Waals surface area contributed by atoms with Gasteiger partial charge in [0.1, 0.15) is 11.9 Å². The van der Waals surface area contributed by atoms with Crippen molar-refractivity contribution in [1.82, 2.24) is 4.90 Å². The third-order valence-corrected chi connectivity index (χ3v) is 6.56. The number of hydrogen-bond donors (Lipinski definition) is 2. The number of rotatable bonds is 6. The van der Waals surface area contributed by atoms with E-state index in [4.69, 9.17) is 10.2 Å². The lowest BCUT2D eigenvalue weighted by molar-refractivity contribution is -0.141. The van der Waals surface area contributed by atoms with Gasteiger partial charge in [-0.15, -0.1) is 0 Å². The summed E-state index contributed by atoms with van der Waals surface area (Å²) in [5.41, 5.74) is 7.48. The molecule has 0 saturated heterocycles. The Bertz CT molecular complexity index is 747. The molecular weight excluding hydrogens is 352 g/mol. The van der Waals surface area contributed by atoms with Gasteiger partial charge in [-0.3, -0.25) is 4.79 Å². The Balaban J connectivity index is 1.51. The van der Waals surface area contributed by atoms with E-state index in [2.05, 4.69) is 0 Å². The van der Waals surface area contributed by atoms with Crippen molar-refractivity contribution in [1.29, 1.82) is 0 Å². The highest BCUT2D eigenvalue weighted by Gasteiger charge is 2.41. The molecule has 2 aliphatic carbocycles. The first kappa shape index (κ1) is 19.2. The number of fused-ring (bicyclic) bond motifs is 2. The van der Waals surface area contributed by atoms with Gasteiger partial charge in [-0.2, -0.15) is 0 Å². The Morgan fingerprint density at radius 2 is 1.86 bits per heavy atom. The van der Waals surface area contributed by atoms with Crippen molar-refractivity contribution < 1.29 is 14.3 Å². The number of nitrogens with zero attached hydrogens (tertiary/aromatic N) is 1. The summed E-state index contributed by atoms with van der Waals surface area (Å²) in [4.78, 5) is 15.3. The number of amides is 1. The van der Waals surface area contributed by atoms with Crippen LogP contribution in [0.25, 0.3) is 0 Å². The predicted octanol–water partition coefficient (Wildman–Crippen LogP) is 3.50. The molecule has 1 heterocycles. The number of carbonyl (C=O) groups is 1. The van der Waals surface area contributed by atoms with Gasteiger partial charge in [0.05, 0.1) is 12.8 Å². The highest BCUT2D eigenvalue weighted by atomic mass is 16.4. The van der Waals surface area contributed by atoms with Gasteiger partial charge in [0.15, 0.2) is 0 Å². The maximum Gasteiger partial charge on any atom is 0.226 e. The zero-order valence-electron chi connectivity index (χ0n) is 16.2. The molecule has 5 nitrogen and oxygen atoms in total. The Labute approximate surface area is 166 Å². The molecule has 150 valence electrons. The van der Waals surface area contributed by atoms with Crippen molar-refractivity contribution in [3.8, 4) is 0 Å². The number of nitrogens with two attached hydrogens (primary N) is 1. The van der Waals surface area contributed by atoms with E-state index in [1.807, 2.05) is 30.3 Å². The summed E-state index contributed by atoms with van der Waals surface area (Å²) >= 11 is 0. The highest BCUT2D eigenvalue weighted by Crippen LogP contribution is 2.42. The quantitative estimate of drug-likeness (QED) is 0.801. The van der Waals surface area contributed by atoms with E-state index in [1.165, 1.54) is 6.42 Å². The maximum absolute atomic E-state index is 13.5. The summed E-state index contributed by atoms with van der Waals surface area (Å²) in [6, 6.07) is 13.7. The van der Waals surface area contributed by atoms with E-state index in [-0.39, 0.29) is 24.4 Å². The molecule has 1 amide bonds. The van der Waals surface area contributed by atoms with Crippen LogP contribution in [0.2, 0.25) is 0 Å². The first-order valence-electron chi connectivity index (χ1n) is 10.4. The molecule has 3 N–H and O–H groups in total. The van der Waals surface area contributed by atoms with Gasteiger partial charge in [-0.1, -0.05) is 36.8 Å². The minimum atomic E-state index is -0.826. The van der Waals surface area contributed by atoms with Gasteiger partial charge in [0.2, 0.25) is 5.91 Å². The molecule has 0 spiro atoms. The Morgan fingerprint density at radius 1 is 1.14 bits per heavy atom. The summed E-state index contributed by atoms with van der Waals surface area (Å²) in [5, 5.41) is 10.6. The third-order valence-electron chi connectivity index (χ3n) is 6.56. The number of aliphatic hydroxyl groups is 1. The molecule has 5 heteroatoms. The standard InChI is InChI=1S/C23H30N2O3/c24-22-17-8-4-9-18(22)13-19(12-17)23(27)25(14-16-6-2-1-3-7-16)15-20(26)21-10-5-11-28-21/h1-3,5-7,10-11,17-20,22,26H,4,8-9,12-15,24H2. The van der Waals surface area contributed by atoms with E-state index in [0.717, 1.165) is 31.2 Å². The summed E-state index contributed by atoms with van der Waals surface area (Å²) in [6.45, 7) is 0.731. The molecule has 2 fully saturated rings. The van der Waals surface area contributed by atoms with Crippen LogP contribution in [-0.2, 0) is 11.3 Å². The van der Waals surface area contributed by atoms with Crippen LogP contribution in [0.5, 0.6) is 0 Å². The lowest BCUT2D eigenvalue weighted by Crippen LogP contribution is -2.50. The molecule has 0 aliphatic heterocycles. The van der Waals surface area contributed by atoms with Crippen LogP contribution in [0.3, 0.4) is 0 Å². The molecular formula is C23H30N2O3. The Hall–Kier alpha value is -2.11. The monoisotopic (exact) mass is 382 g/mol. The lowest BCUT2D eigenvalue weighted by Gasteiger charge is -2.44. The van der Waals surface area contributed by atoms with Gasteiger partial charge < -0.3 is 20.2 Å². The highest BCUT2D eigenvalue weighted by molar-refractivity contribution is 5.79. The first-order chi connectivity index (χ1) is 13.6. The van der Waals surface area contributed by atoms with E-state index >= 15 is 0 Å². The van der Waals surface area contributed by atoms with Gasteiger partial charge in [0, 0.05) is 18.5 Å². The number of furan rings is 1. The Morgan fingerprint density at radius 3 is 2.50 bits per heavy atom. The van der Waals surface area contributed by atoms with Crippen molar-refractivity contribution in [2.24, 2.45) is 23.5 Å². The third kappa shape index (κ3) is 4.15. The van der Waals surface area contributed by atoms with Gasteiger partial charge in [-0.25, -0.2) is 0 Å². The normalized spacial score (nSPS) is 27.9. The molecule has 0 radical (unpaired) electrons. The van der Waals surface area contributed by atoms with Crippen molar-refractivity contribution in [2.45, 2.75) is 50.8 Å². The molecule has 28 heavy (non-hydrogen) atoms. The fourth-order valence-electron chi connectivity index (χ4n) is 5.06. The molecule has 2 bridgehead atoms. The van der Waals surface area contributed by atoms with Crippen LogP contribution in [0, 0.1) is 17.8 Å². The van der Waals surface area contributed by atoms with E-state index in [0.29, 0.717) is 24.1 Å². The van der Waals surface area contributed by atoms with Gasteiger partial charge in [-0.05, 0) is 55.2 Å². The van der Waals surface area contributed by atoms with Crippen LogP contribution >= 0.6 is 0 Å². The average Bonchev–Trinajstić information content (AvgIpc) is 3.22. The second-order valence-electron chi connectivity index (χ2n) is 8.43. The van der Waals surface area contributed by atoms with Crippen LogP contribution in [-0.4, -0.2) is 28.5 Å². The molecule has 4 rings (SSSR count). The van der Waals surface area contributed by atoms with Crippen LogP contribution < -0.4 is 5.73 Å². The number of hydrogen-bond acceptors (Lipinski definition) is 4. The van der Waals surface area contributed by atoms with E-state index in [1.54, 1.807) is 23.3 Å². The van der Waals surface area contributed by atoms with Gasteiger partial charge >= 0.3 is 0 Å². The summed E-state index contributed by atoms with van der Waals surface area (Å²) < 4.78 is 5.34.